The Morgan fingerprint density at radius 3 is 2.82 bits per heavy atom. The summed E-state index contributed by atoms with van der Waals surface area (Å²) in [5, 5.41) is 12.6. The van der Waals surface area contributed by atoms with E-state index in [1.807, 2.05) is 0 Å². The monoisotopic (exact) mass is 237 g/mol. The van der Waals surface area contributed by atoms with Gasteiger partial charge in [0.2, 0.25) is 0 Å². The molecule has 1 aromatic rings. The van der Waals surface area contributed by atoms with E-state index in [0.29, 0.717) is 12.4 Å². The first-order chi connectivity index (χ1) is 8.26. The molecule has 94 valence electrons. The summed E-state index contributed by atoms with van der Waals surface area (Å²) in [6.45, 7) is 0.786. The van der Waals surface area contributed by atoms with E-state index in [4.69, 9.17) is 0 Å². The van der Waals surface area contributed by atoms with Gasteiger partial charge in [0.1, 0.15) is 0 Å². The van der Waals surface area contributed by atoms with Crippen LogP contribution in [0, 0.1) is 5.41 Å². The molecule has 0 radical (unpaired) electrons. The summed E-state index contributed by atoms with van der Waals surface area (Å²) in [5.41, 5.74) is -0.293. The Balaban J connectivity index is 2.01. The van der Waals surface area contributed by atoms with Gasteiger partial charge in [-0.25, -0.2) is 4.98 Å². The molecule has 0 aromatic carbocycles. The van der Waals surface area contributed by atoms with E-state index in [9.17, 15) is 9.90 Å². The summed E-state index contributed by atoms with van der Waals surface area (Å²) in [7, 11) is 0. The molecule has 2 rings (SSSR count). The van der Waals surface area contributed by atoms with Crippen molar-refractivity contribution in [3.8, 4) is 0 Å². The number of nitrogens with one attached hydrogen (secondary N) is 2. The van der Waals surface area contributed by atoms with Gasteiger partial charge in [0.05, 0.1) is 6.61 Å². The average Bonchev–Trinajstić information content (AvgIpc) is 2.39. The van der Waals surface area contributed by atoms with Crippen LogP contribution in [-0.4, -0.2) is 28.2 Å². The minimum Gasteiger partial charge on any atom is -0.396 e. The molecule has 1 aliphatic rings. The molecule has 0 atom stereocenters. The fourth-order valence-corrected chi connectivity index (χ4v) is 2.44. The molecule has 0 unspecified atom stereocenters. The highest BCUT2D eigenvalue weighted by molar-refractivity contribution is 5.30. The van der Waals surface area contributed by atoms with Crippen LogP contribution >= 0.6 is 0 Å². The molecule has 1 heterocycles. The minimum atomic E-state index is -0.212. The summed E-state index contributed by atoms with van der Waals surface area (Å²) in [6.07, 6.45) is 8.64. The molecule has 3 N–H and O–H groups in total. The molecule has 5 nitrogen and oxygen atoms in total. The van der Waals surface area contributed by atoms with E-state index in [-0.39, 0.29) is 17.6 Å². The lowest BCUT2D eigenvalue weighted by molar-refractivity contribution is 0.0943. The molecule has 5 heteroatoms. The summed E-state index contributed by atoms with van der Waals surface area (Å²) in [4.78, 5) is 18.0. The Hall–Kier alpha value is -1.36. The van der Waals surface area contributed by atoms with Gasteiger partial charge in [-0.1, -0.05) is 19.3 Å². The van der Waals surface area contributed by atoms with Crippen LogP contribution in [0.25, 0.3) is 0 Å². The molecule has 0 spiro atoms. The first-order valence-electron chi connectivity index (χ1n) is 6.14. The quantitative estimate of drug-likeness (QED) is 0.733. The largest absolute Gasteiger partial charge is 0.396 e. The van der Waals surface area contributed by atoms with E-state index >= 15 is 0 Å². The third-order valence-corrected chi connectivity index (χ3v) is 3.59. The second kappa shape index (κ2) is 5.31. The molecular weight excluding hydrogens is 218 g/mol. The summed E-state index contributed by atoms with van der Waals surface area (Å²) in [6, 6.07) is 0. The van der Waals surface area contributed by atoms with E-state index in [1.165, 1.54) is 12.6 Å². The standard InChI is InChI=1S/C12H19N3O2/c16-9-12(4-2-1-3-5-12)8-15-10-11(17)14-7-6-13-10/h6-7,16H,1-5,8-9H2,(H,13,15)(H,14,17). The lowest BCUT2D eigenvalue weighted by Crippen LogP contribution is -2.36. The summed E-state index contributed by atoms with van der Waals surface area (Å²) >= 11 is 0. The molecule has 17 heavy (non-hydrogen) atoms. The fourth-order valence-electron chi connectivity index (χ4n) is 2.44. The maximum atomic E-state index is 11.4. The topological polar surface area (TPSA) is 78.0 Å². The predicted octanol–water partition coefficient (Wildman–Crippen LogP) is 1.12. The maximum Gasteiger partial charge on any atom is 0.290 e. The molecule has 1 fully saturated rings. The first-order valence-corrected chi connectivity index (χ1v) is 6.14. The van der Waals surface area contributed by atoms with E-state index < -0.39 is 0 Å². The molecule has 1 saturated carbocycles. The van der Waals surface area contributed by atoms with Crippen LogP contribution in [0.2, 0.25) is 0 Å². The first kappa shape index (κ1) is 12.1. The number of nitrogens with zero attached hydrogens (tertiary/aromatic N) is 1. The van der Waals surface area contributed by atoms with Crippen LogP contribution in [0.15, 0.2) is 17.2 Å². The van der Waals surface area contributed by atoms with Crippen molar-refractivity contribution in [2.45, 2.75) is 32.1 Å². The Labute approximate surface area is 100 Å². The van der Waals surface area contributed by atoms with E-state index in [1.54, 1.807) is 6.20 Å². The highest BCUT2D eigenvalue weighted by Gasteiger charge is 2.31. The zero-order valence-corrected chi connectivity index (χ0v) is 9.91. The van der Waals surface area contributed by atoms with Crippen LogP contribution in [0.5, 0.6) is 0 Å². The van der Waals surface area contributed by atoms with Gasteiger partial charge in [0, 0.05) is 24.4 Å². The fraction of sp³-hybridized carbons (Fsp3) is 0.667. The van der Waals surface area contributed by atoms with Crippen molar-refractivity contribution < 1.29 is 5.11 Å². The number of anilines is 1. The van der Waals surface area contributed by atoms with Gasteiger partial charge >= 0.3 is 0 Å². The van der Waals surface area contributed by atoms with E-state index in [0.717, 1.165) is 25.7 Å². The zero-order chi connectivity index (χ0) is 12.1. The van der Waals surface area contributed by atoms with Crippen molar-refractivity contribution in [2.24, 2.45) is 5.41 Å². The van der Waals surface area contributed by atoms with Gasteiger partial charge in [-0.3, -0.25) is 4.79 Å². The number of aromatic amines is 1. The average molecular weight is 237 g/mol. The number of rotatable bonds is 4. The highest BCUT2D eigenvalue weighted by Crippen LogP contribution is 2.35. The number of aliphatic hydroxyl groups is 1. The van der Waals surface area contributed by atoms with Crippen molar-refractivity contribution >= 4 is 5.82 Å². The van der Waals surface area contributed by atoms with Gasteiger partial charge in [0.15, 0.2) is 5.82 Å². The Kier molecular flexibility index (Phi) is 3.78. The molecule has 0 bridgehead atoms. The van der Waals surface area contributed by atoms with Gasteiger partial charge in [-0.15, -0.1) is 0 Å². The third-order valence-electron chi connectivity index (χ3n) is 3.59. The third kappa shape index (κ3) is 2.85. The lowest BCUT2D eigenvalue weighted by Gasteiger charge is -2.35. The maximum absolute atomic E-state index is 11.4. The number of H-pyrrole nitrogens is 1. The molecule has 0 amide bonds. The molecule has 1 aromatic heterocycles. The zero-order valence-electron chi connectivity index (χ0n) is 9.91. The van der Waals surface area contributed by atoms with Gasteiger partial charge in [-0.2, -0.15) is 0 Å². The van der Waals surface area contributed by atoms with Gasteiger partial charge < -0.3 is 15.4 Å². The van der Waals surface area contributed by atoms with Crippen LogP contribution < -0.4 is 10.9 Å². The summed E-state index contributed by atoms with van der Waals surface area (Å²) in [5.74, 6) is 0.339. The van der Waals surface area contributed by atoms with Crippen molar-refractivity contribution in [1.29, 1.82) is 0 Å². The molecule has 1 aliphatic carbocycles. The Bertz CT molecular complexity index is 410. The minimum absolute atomic E-state index is 0.0811. The van der Waals surface area contributed by atoms with E-state index in [2.05, 4.69) is 15.3 Å². The SMILES string of the molecule is O=c1[nH]ccnc1NCC1(CO)CCCCC1. The Morgan fingerprint density at radius 1 is 1.41 bits per heavy atom. The normalized spacial score (nSPS) is 18.9. The molecular formula is C12H19N3O2. The number of hydrogen-bond donors (Lipinski definition) is 3. The van der Waals surface area contributed by atoms with Crippen LogP contribution in [-0.2, 0) is 0 Å². The molecule has 0 saturated heterocycles. The molecule has 0 aliphatic heterocycles. The lowest BCUT2D eigenvalue weighted by atomic mass is 9.74. The highest BCUT2D eigenvalue weighted by atomic mass is 16.3. The van der Waals surface area contributed by atoms with Crippen LogP contribution in [0.4, 0.5) is 5.82 Å². The van der Waals surface area contributed by atoms with Crippen molar-refractivity contribution in [2.75, 3.05) is 18.5 Å². The second-order valence-corrected chi connectivity index (χ2v) is 4.84. The number of hydrogen-bond acceptors (Lipinski definition) is 4. The van der Waals surface area contributed by atoms with Crippen molar-refractivity contribution in [3.05, 3.63) is 22.7 Å². The van der Waals surface area contributed by atoms with Gasteiger partial charge in [0.25, 0.3) is 5.56 Å². The van der Waals surface area contributed by atoms with Crippen LogP contribution in [0.1, 0.15) is 32.1 Å². The predicted molar refractivity (Wildman–Crippen MR) is 66.0 cm³/mol. The smallest absolute Gasteiger partial charge is 0.290 e. The van der Waals surface area contributed by atoms with Crippen molar-refractivity contribution in [3.63, 3.8) is 0 Å². The Morgan fingerprint density at radius 2 is 2.18 bits per heavy atom. The van der Waals surface area contributed by atoms with Crippen molar-refractivity contribution in [1.82, 2.24) is 9.97 Å². The number of aliphatic hydroxyl groups excluding tert-OH is 1. The second-order valence-electron chi connectivity index (χ2n) is 4.84. The van der Waals surface area contributed by atoms with Gasteiger partial charge in [-0.05, 0) is 12.8 Å². The van der Waals surface area contributed by atoms with Crippen LogP contribution in [0.3, 0.4) is 0 Å². The summed E-state index contributed by atoms with van der Waals surface area (Å²) < 4.78 is 0. The number of aromatic nitrogens is 2.